The maximum absolute atomic E-state index is 11.9. The van der Waals surface area contributed by atoms with Gasteiger partial charge in [0.2, 0.25) is 0 Å². The first-order valence-electron chi connectivity index (χ1n) is 6.17. The summed E-state index contributed by atoms with van der Waals surface area (Å²) < 4.78 is 1.62. The van der Waals surface area contributed by atoms with E-state index in [1.807, 2.05) is 6.92 Å². The topological polar surface area (TPSA) is 59.3 Å². The molecule has 1 N–H and O–H groups in total. The third kappa shape index (κ3) is 3.08. The average molecular weight is 292 g/mol. The minimum atomic E-state index is -0.946. The third-order valence-electron chi connectivity index (χ3n) is 3.17. The molecule has 0 atom stereocenters. The number of aryl methyl sites for hydroxylation is 2. The van der Waals surface area contributed by atoms with Gasteiger partial charge in [0.1, 0.15) is 5.02 Å². The number of carbonyl (C=O) groups is 1. The quantitative estimate of drug-likeness (QED) is 0.942. The molecule has 2 aromatic rings. The minimum absolute atomic E-state index is 0.200. The summed E-state index contributed by atoms with van der Waals surface area (Å²) in [6.45, 7) is 2.36. The van der Waals surface area contributed by atoms with E-state index in [4.69, 9.17) is 16.7 Å². The van der Waals surface area contributed by atoms with Gasteiger partial charge in [0.05, 0.1) is 5.56 Å². The summed E-state index contributed by atoms with van der Waals surface area (Å²) >= 11 is 5.82. The van der Waals surface area contributed by atoms with E-state index in [-0.39, 0.29) is 16.1 Å². The summed E-state index contributed by atoms with van der Waals surface area (Å²) in [5.74, 6) is -0.946. The van der Waals surface area contributed by atoms with E-state index in [0.29, 0.717) is 13.0 Å². The number of carboxylic acid groups (broad SMARTS) is 1. The van der Waals surface area contributed by atoms with Crippen molar-refractivity contribution in [3.05, 3.63) is 68.6 Å². The molecule has 2 rings (SSSR count). The average Bonchev–Trinajstić information content (AvgIpc) is 2.43. The van der Waals surface area contributed by atoms with Crippen LogP contribution in [-0.4, -0.2) is 15.6 Å². The number of halogens is 1. The number of aromatic nitrogens is 1. The second-order valence-electron chi connectivity index (χ2n) is 4.53. The molecular formula is C15H14ClNO3. The van der Waals surface area contributed by atoms with E-state index in [9.17, 15) is 9.59 Å². The van der Waals surface area contributed by atoms with Crippen molar-refractivity contribution in [3.63, 3.8) is 0 Å². The first kappa shape index (κ1) is 14.3. The molecule has 0 saturated carbocycles. The van der Waals surface area contributed by atoms with Crippen molar-refractivity contribution in [2.45, 2.75) is 19.9 Å². The number of hydrogen-bond donors (Lipinski definition) is 1. The molecule has 0 saturated heterocycles. The normalized spacial score (nSPS) is 10.5. The maximum Gasteiger partial charge on any atom is 0.335 e. The molecule has 0 aliphatic rings. The van der Waals surface area contributed by atoms with Crippen LogP contribution >= 0.6 is 11.6 Å². The van der Waals surface area contributed by atoms with Crippen LogP contribution in [0.4, 0.5) is 0 Å². The molecule has 4 nitrogen and oxygen atoms in total. The third-order valence-corrected chi connectivity index (χ3v) is 3.46. The zero-order valence-corrected chi connectivity index (χ0v) is 11.7. The zero-order valence-electron chi connectivity index (χ0n) is 11.0. The number of benzene rings is 1. The van der Waals surface area contributed by atoms with Crippen LogP contribution in [0.15, 0.2) is 41.2 Å². The van der Waals surface area contributed by atoms with Crippen LogP contribution in [0.2, 0.25) is 5.02 Å². The van der Waals surface area contributed by atoms with Crippen molar-refractivity contribution in [3.8, 4) is 0 Å². The minimum Gasteiger partial charge on any atom is -0.478 e. The van der Waals surface area contributed by atoms with Gasteiger partial charge in [0.25, 0.3) is 5.56 Å². The smallest absolute Gasteiger partial charge is 0.335 e. The Kier molecular flexibility index (Phi) is 4.25. The van der Waals surface area contributed by atoms with Gasteiger partial charge in [-0.05, 0) is 43.2 Å². The van der Waals surface area contributed by atoms with Crippen molar-refractivity contribution in [2.75, 3.05) is 0 Å². The van der Waals surface area contributed by atoms with Crippen LogP contribution in [-0.2, 0) is 13.0 Å². The molecule has 5 heteroatoms. The van der Waals surface area contributed by atoms with Gasteiger partial charge in [0, 0.05) is 12.2 Å². The maximum atomic E-state index is 11.9. The molecule has 1 aromatic heterocycles. The van der Waals surface area contributed by atoms with Crippen molar-refractivity contribution < 1.29 is 9.90 Å². The highest BCUT2D eigenvalue weighted by molar-refractivity contribution is 6.30. The lowest BCUT2D eigenvalue weighted by atomic mass is 10.1. The van der Waals surface area contributed by atoms with E-state index in [2.05, 4.69) is 0 Å². The molecule has 0 unspecified atom stereocenters. The Morgan fingerprint density at radius 1 is 1.20 bits per heavy atom. The Bertz CT molecular complexity index is 689. The predicted molar refractivity (Wildman–Crippen MR) is 77.6 cm³/mol. The number of rotatable bonds is 4. The number of nitrogens with zero attached hydrogens (tertiary/aromatic N) is 1. The van der Waals surface area contributed by atoms with Gasteiger partial charge in [-0.1, -0.05) is 23.7 Å². The Morgan fingerprint density at radius 3 is 2.45 bits per heavy atom. The molecule has 1 aromatic carbocycles. The monoisotopic (exact) mass is 291 g/mol. The van der Waals surface area contributed by atoms with E-state index in [1.165, 1.54) is 0 Å². The summed E-state index contributed by atoms with van der Waals surface area (Å²) in [4.78, 5) is 22.7. The summed E-state index contributed by atoms with van der Waals surface area (Å²) in [6, 6.07) is 10.0. The van der Waals surface area contributed by atoms with Crippen LogP contribution in [0.1, 0.15) is 21.6 Å². The lowest BCUT2D eigenvalue weighted by Crippen LogP contribution is -2.23. The fourth-order valence-corrected chi connectivity index (χ4v) is 2.14. The van der Waals surface area contributed by atoms with Gasteiger partial charge >= 0.3 is 5.97 Å². The van der Waals surface area contributed by atoms with Gasteiger partial charge < -0.3 is 9.67 Å². The lowest BCUT2D eigenvalue weighted by molar-refractivity contribution is 0.0697. The number of hydrogen-bond acceptors (Lipinski definition) is 2. The van der Waals surface area contributed by atoms with Crippen molar-refractivity contribution in [2.24, 2.45) is 0 Å². The highest BCUT2D eigenvalue weighted by Gasteiger charge is 2.06. The second kappa shape index (κ2) is 5.92. The fourth-order valence-electron chi connectivity index (χ4n) is 1.98. The Hall–Kier alpha value is -2.07. The predicted octanol–water partition coefficient (Wildman–Crippen LogP) is 2.75. The van der Waals surface area contributed by atoms with Crippen LogP contribution in [0.5, 0.6) is 0 Å². The standard InChI is InChI=1S/C15H14ClNO3/c1-10-2-7-13(16)14(18)17(10)9-8-11-3-5-12(6-4-11)15(19)20/h2-7H,8-9H2,1H3,(H,19,20). The van der Waals surface area contributed by atoms with Gasteiger partial charge in [0.15, 0.2) is 0 Å². The summed E-state index contributed by atoms with van der Waals surface area (Å²) in [6.07, 6.45) is 0.640. The second-order valence-corrected chi connectivity index (χ2v) is 4.94. The van der Waals surface area contributed by atoms with E-state index < -0.39 is 5.97 Å². The number of aromatic carboxylic acids is 1. The first-order valence-corrected chi connectivity index (χ1v) is 6.55. The number of pyridine rings is 1. The first-order chi connectivity index (χ1) is 9.49. The highest BCUT2D eigenvalue weighted by atomic mass is 35.5. The zero-order chi connectivity index (χ0) is 14.7. The highest BCUT2D eigenvalue weighted by Crippen LogP contribution is 2.08. The Labute approximate surface area is 121 Å². The van der Waals surface area contributed by atoms with Gasteiger partial charge in [-0.15, -0.1) is 0 Å². The molecular weight excluding hydrogens is 278 g/mol. The largest absolute Gasteiger partial charge is 0.478 e. The summed E-state index contributed by atoms with van der Waals surface area (Å²) in [5.41, 5.74) is 1.88. The van der Waals surface area contributed by atoms with E-state index in [1.54, 1.807) is 41.0 Å². The van der Waals surface area contributed by atoms with Crippen molar-refractivity contribution in [1.29, 1.82) is 0 Å². The fraction of sp³-hybridized carbons (Fsp3) is 0.200. The van der Waals surface area contributed by atoms with Crippen LogP contribution in [0.25, 0.3) is 0 Å². The SMILES string of the molecule is Cc1ccc(Cl)c(=O)n1CCc1ccc(C(=O)O)cc1. The molecule has 0 bridgehead atoms. The van der Waals surface area contributed by atoms with Crippen molar-refractivity contribution >= 4 is 17.6 Å². The van der Waals surface area contributed by atoms with Crippen LogP contribution < -0.4 is 5.56 Å². The van der Waals surface area contributed by atoms with Gasteiger partial charge in [-0.3, -0.25) is 4.79 Å². The summed E-state index contributed by atoms with van der Waals surface area (Å²) in [7, 11) is 0. The molecule has 104 valence electrons. The summed E-state index contributed by atoms with van der Waals surface area (Å²) in [5, 5.41) is 9.03. The lowest BCUT2D eigenvalue weighted by Gasteiger charge is -2.10. The Morgan fingerprint density at radius 2 is 1.85 bits per heavy atom. The molecule has 1 heterocycles. The Balaban J connectivity index is 2.15. The number of carboxylic acids is 1. The molecule has 20 heavy (non-hydrogen) atoms. The molecule has 0 amide bonds. The van der Waals surface area contributed by atoms with Gasteiger partial charge in [-0.2, -0.15) is 0 Å². The van der Waals surface area contributed by atoms with Crippen LogP contribution in [0.3, 0.4) is 0 Å². The molecule has 0 aliphatic heterocycles. The van der Waals surface area contributed by atoms with Crippen LogP contribution in [0, 0.1) is 6.92 Å². The molecule has 0 spiro atoms. The molecule has 0 radical (unpaired) electrons. The van der Waals surface area contributed by atoms with Crippen molar-refractivity contribution in [1.82, 2.24) is 4.57 Å². The van der Waals surface area contributed by atoms with E-state index in [0.717, 1.165) is 11.3 Å². The van der Waals surface area contributed by atoms with E-state index >= 15 is 0 Å². The molecule has 0 fully saturated rings. The van der Waals surface area contributed by atoms with Gasteiger partial charge in [-0.25, -0.2) is 4.79 Å². The molecule has 0 aliphatic carbocycles.